The number of rotatable bonds is 39. The van der Waals surface area contributed by atoms with Crippen molar-refractivity contribution in [1.82, 2.24) is 78.1 Å². The topological polar surface area (TPSA) is 422 Å². The van der Waals surface area contributed by atoms with Crippen LogP contribution in [0.15, 0.2) is 182 Å². The third-order valence-electron chi connectivity index (χ3n) is 25.3. The molecule has 0 aliphatic carbocycles. The van der Waals surface area contributed by atoms with Gasteiger partial charge in [0, 0.05) is 39.0 Å². The van der Waals surface area contributed by atoms with Crippen molar-refractivity contribution in [3.8, 4) is 0 Å². The van der Waals surface area contributed by atoms with Gasteiger partial charge in [-0.2, -0.15) is 0 Å². The van der Waals surface area contributed by atoms with Crippen molar-refractivity contribution in [2.75, 3.05) is 32.7 Å². The van der Waals surface area contributed by atoms with Crippen molar-refractivity contribution in [1.29, 1.82) is 0 Å². The van der Waals surface area contributed by atoms with E-state index in [0.29, 0.717) is 74.7 Å². The molecule has 14 atom stereocenters. The zero-order valence-corrected chi connectivity index (χ0v) is 74.2. The van der Waals surface area contributed by atoms with E-state index >= 15 is 9.59 Å². The molecule has 5 heterocycles. The molecule has 682 valence electrons. The van der Waals surface area contributed by atoms with Crippen molar-refractivity contribution in [2.45, 2.75) is 248 Å². The first-order valence-electron chi connectivity index (χ1n) is 45.0. The maximum absolute atomic E-state index is 15.3. The molecule has 12 N–H and O–H groups in total. The number of nitrogens with zero attached hydrogens (tertiary/aromatic N) is 4. The fourth-order valence-corrected chi connectivity index (χ4v) is 18.1. The van der Waals surface area contributed by atoms with E-state index in [0.717, 1.165) is 23.1 Å². The summed E-state index contributed by atoms with van der Waals surface area (Å²) in [5.41, 5.74) is 1.93. The normalized spacial score (nSPS) is 19.6. The second-order valence-electron chi connectivity index (χ2n) is 34.7. The zero-order chi connectivity index (χ0) is 91.9. The van der Waals surface area contributed by atoms with Crippen molar-refractivity contribution >= 4 is 88.7 Å². The highest BCUT2D eigenvalue weighted by Gasteiger charge is 2.48. The average molecular weight is 1760 g/mol. The Balaban J connectivity index is 0.745. The van der Waals surface area contributed by atoms with Crippen molar-refractivity contribution in [2.24, 2.45) is 11.8 Å². The van der Waals surface area contributed by atoms with E-state index in [-0.39, 0.29) is 82.8 Å². The lowest BCUT2D eigenvalue weighted by molar-refractivity contribution is -0.148. The van der Waals surface area contributed by atoms with Gasteiger partial charge in [-0.25, -0.2) is 4.79 Å². The first-order chi connectivity index (χ1) is 61.4. The predicted molar refractivity (Wildman–Crippen MR) is 478 cm³/mol. The van der Waals surface area contributed by atoms with Gasteiger partial charge in [-0.3, -0.25) is 67.1 Å². The Labute approximate surface area is 747 Å². The molecule has 5 fully saturated rings. The van der Waals surface area contributed by atoms with E-state index in [4.69, 9.17) is 0 Å². The third kappa shape index (κ3) is 23.2. The number of carbonyl (C=O) groups excluding carboxylic acids is 14. The average Bonchev–Trinajstić information content (AvgIpc) is 0.789. The van der Waals surface area contributed by atoms with Gasteiger partial charge in [0.15, 0.2) is 0 Å². The van der Waals surface area contributed by atoms with Gasteiger partial charge in [0.1, 0.15) is 83.6 Å². The van der Waals surface area contributed by atoms with E-state index in [9.17, 15) is 67.4 Å². The Bertz CT molecular complexity index is 4700. The zero-order valence-electron chi connectivity index (χ0n) is 74.2. The molecule has 0 aromatic heterocycles. The Hall–Kier alpha value is -12.7. The molecule has 31 nitrogen and oxygen atoms in total. The number of carboxylic acids is 1. The number of amides is 14. The minimum Gasteiger partial charge on any atom is -0.480 e. The first-order valence-corrected chi connectivity index (χ1v) is 45.0. The highest BCUT2D eigenvalue weighted by atomic mass is 16.4. The van der Waals surface area contributed by atoms with Crippen LogP contribution in [0.25, 0.3) is 0 Å². The van der Waals surface area contributed by atoms with Crippen LogP contribution in [0.3, 0.4) is 0 Å². The van der Waals surface area contributed by atoms with Gasteiger partial charge >= 0.3 is 5.97 Å². The van der Waals surface area contributed by atoms with Crippen LogP contribution >= 0.6 is 0 Å². The SMILES string of the molecule is CC[C@H](C)[C@H](NC(=O)[C@@H]1CCCN1C(=O)[C@H]1CCCN1C(=O)[C@H](C)NC(=O)[C@H](C)NC(=O)[C@H](CCC(=O)NC(c1ccccc1)(c1ccccc1)c1ccccc1)NC(=O)[C@@H]1CCCN1C(=O)[C@H]1CCCN1)C(=O)N1CCC[C@H]1C(=O)N[C@@H](CCC(=O)NC(c1ccccc1)(c1ccccc1)c1ccccc1)C(=O)N[C@@H](C)C(=O)N[C@@H](C)C(=O)N[C@@H](CC(C)C)C(=O)O. The summed E-state index contributed by atoms with van der Waals surface area (Å²) in [6, 6.07) is 40.9. The summed E-state index contributed by atoms with van der Waals surface area (Å²) in [6.45, 7) is 14.0. The van der Waals surface area contributed by atoms with Crippen LogP contribution in [0.1, 0.15) is 192 Å². The lowest BCUT2D eigenvalue weighted by atomic mass is 9.77. The minimum atomic E-state index is -1.53. The Morgan fingerprint density at radius 3 is 1.05 bits per heavy atom. The van der Waals surface area contributed by atoms with Crippen LogP contribution in [-0.2, 0) is 83.0 Å². The number of likely N-dealkylation sites (tertiary alicyclic amines) is 4. The quantitative estimate of drug-likeness (QED) is 0.0208. The molecule has 0 spiro atoms. The summed E-state index contributed by atoms with van der Waals surface area (Å²) < 4.78 is 0. The van der Waals surface area contributed by atoms with Gasteiger partial charge in [0.25, 0.3) is 0 Å². The van der Waals surface area contributed by atoms with Gasteiger partial charge in [-0.05, 0) is 163 Å². The molecular weight excluding hydrogens is 1630 g/mol. The van der Waals surface area contributed by atoms with Crippen LogP contribution in [0.2, 0.25) is 0 Å². The number of carboxylic acid groups (broad SMARTS) is 1. The maximum Gasteiger partial charge on any atom is 0.326 e. The van der Waals surface area contributed by atoms with Crippen LogP contribution in [-0.4, -0.2) is 225 Å². The van der Waals surface area contributed by atoms with E-state index in [1.54, 1.807) is 20.8 Å². The standard InChI is InChI=1S/C97H123N15O16/c1-9-61(4)82(94(126)111-57-31-47-77(111)89(121)104-73(86(118)100-62(5)83(115)99-64(7)85(117)105-75(95(127)128)59-60(2)3)51-53-81(114)108-97(69-39-22-13-23-40-69,70-41-24-14-25-42-70)71-43-26-15-27-44-71)106-90(122)78-48-30-56-110(78)93(125)79-49-32-58-112(79)91(123)65(8)102-84(116)63(6)101-87(119)72(103-88(120)76-46-29-55-109(76)92(124)74-45-28-54-98-74)50-52-80(113)107-96(66-33-16-10-17-34-66,67-35-18-11-19-36-67)68-37-20-12-21-38-68/h10-27,33-44,60-65,72-79,82,98H,9,28-32,45-59H2,1-8H3,(H,99,115)(H,100,118)(H,101,119)(H,102,116)(H,103,120)(H,104,121)(H,105,117)(H,106,122)(H,107,113)(H,108,114)(H,127,128)/t61-,62-,63-,64-,65-,72-,73-,74+,75-,76-,77-,78-,79+,82-/m0/s1. The monoisotopic (exact) mass is 1750 g/mol. The molecule has 0 radical (unpaired) electrons. The summed E-state index contributed by atoms with van der Waals surface area (Å²) in [6.07, 6.45) is 3.18. The van der Waals surface area contributed by atoms with Gasteiger partial charge in [0.05, 0.1) is 6.04 Å². The summed E-state index contributed by atoms with van der Waals surface area (Å²) >= 11 is 0. The van der Waals surface area contributed by atoms with Gasteiger partial charge < -0.3 is 83.2 Å². The fraction of sp³-hybridized carbons (Fsp3) is 0.474. The number of hydrogen-bond donors (Lipinski definition) is 12. The number of hydrogen-bond acceptors (Lipinski definition) is 16. The molecule has 5 saturated heterocycles. The molecule has 14 amide bonds. The van der Waals surface area contributed by atoms with Crippen molar-refractivity contribution < 1.29 is 77.0 Å². The molecule has 0 unspecified atom stereocenters. The van der Waals surface area contributed by atoms with Gasteiger partial charge in [-0.1, -0.05) is 216 Å². The highest BCUT2D eigenvalue weighted by molar-refractivity contribution is 6.01. The number of nitrogens with one attached hydrogen (secondary N) is 11. The summed E-state index contributed by atoms with van der Waals surface area (Å²) in [4.78, 5) is 221. The molecule has 0 saturated carbocycles. The lowest BCUT2D eigenvalue weighted by Gasteiger charge is -2.37. The second kappa shape index (κ2) is 44.7. The van der Waals surface area contributed by atoms with Crippen LogP contribution < -0.4 is 58.5 Å². The second-order valence-corrected chi connectivity index (χ2v) is 34.7. The van der Waals surface area contributed by atoms with E-state index in [1.165, 1.54) is 47.3 Å². The lowest BCUT2D eigenvalue weighted by Crippen LogP contribution is -2.60. The molecule has 5 aliphatic rings. The molecule has 11 rings (SSSR count). The minimum absolute atomic E-state index is 0.0622. The number of aliphatic carboxylic acids is 1. The first kappa shape index (κ1) is 96.0. The Kier molecular flexibility index (Phi) is 33.5. The molecule has 128 heavy (non-hydrogen) atoms. The van der Waals surface area contributed by atoms with E-state index in [2.05, 4.69) is 58.5 Å². The predicted octanol–water partition coefficient (Wildman–Crippen LogP) is 5.61. The van der Waals surface area contributed by atoms with E-state index in [1.807, 2.05) is 189 Å². The highest BCUT2D eigenvalue weighted by Crippen LogP contribution is 2.40. The molecular formula is C97H123N15O16. The number of carbonyl (C=O) groups is 15. The van der Waals surface area contributed by atoms with E-state index < -0.39 is 178 Å². The number of benzene rings is 6. The summed E-state index contributed by atoms with van der Waals surface area (Å²) in [5.74, 6) is -11.0. The molecule has 6 aromatic rings. The summed E-state index contributed by atoms with van der Waals surface area (Å²) in [7, 11) is 0. The van der Waals surface area contributed by atoms with Crippen LogP contribution in [0, 0.1) is 11.8 Å². The maximum atomic E-state index is 15.3. The molecule has 31 heteroatoms. The van der Waals surface area contributed by atoms with Gasteiger partial charge in [-0.15, -0.1) is 0 Å². The Morgan fingerprint density at radius 2 is 0.695 bits per heavy atom. The largest absolute Gasteiger partial charge is 0.480 e. The van der Waals surface area contributed by atoms with Gasteiger partial charge in [0.2, 0.25) is 82.7 Å². The third-order valence-corrected chi connectivity index (χ3v) is 25.3. The van der Waals surface area contributed by atoms with Crippen molar-refractivity contribution in [3.05, 3.63) is 215 Å². The Morgan fingerprint density at radius 1 is 0.367 bits per heavy atom. The smallest absolute Gasteiger partial charge is 0.326 e. The van der Waals surface area contributed by atoms with Crippen LogP contribution in [0.5, 0.6) is 0 Å². The van der Waals surface area contributed by atoms with Crippen LogP contribution in [0.4, 0.5) is 0 Å². The molecule has 6 aromatic carbocycles. The van der Waals surface area contributed by atoms with Crippen molar-refractivity contribution in [3.63, 3.8) is 0 Å². The summed E-state index contributed by atoms with van der Waals surface area (Å²) in [5, 5.41) is 41.2. The fourth-order valence-electron chi connectivity index (χ4n) is 18.1. The molecule has 0 bridgehead atoms. The molecule has 5 aliphatic heterocycles.